The Hall–Kier alpha value is -1.64. The second-order valence-corrected chi connectivity index (χ2v) is 9.90. The second kappa shape index (κ2) is 8.39. The van der Waals surface area contributed by atoms with Gasteiger partial charge in [-0.05, 0) is 66.4 Å². The number of hydrogen-bond acceptors (Lipinski definition) is 6. The minimum atomic E-state index is -3.95. The number of ether oxygens (including phenoxy) is 1. The van der Waals surface area contributed by atoms with E-state index in [0.29, 0.717) is 31.2 Å². The topological polar surface area (TPSA) is 102 Å². The third-order valence-corrected chi connectivity index (χ3v) is 6.15. The lowest BCUT2D eigenvalue weighted by Gasteiger charge is -2.37. The quantitative estimate of drug-likeness (QED) is 0.718. The molecule has 0 aromatic heterocycles. The number of carbonyl (C=O) groups is 1. The Morgan fingerprint density at radius 3 is 2.43 bits per heavy atom. The molecule has 2 N–H and O–H groups in total. The maximum absolute atomic E-state index is 12.5. The molecule has 0 unspecified atom stereocenters. The van der Waals surface area contributed by atoms with E-state index in [-0.39, 0.29) is 17.5 Å². The summed E-state index contributed by atoms with van der Waals surface area (Å²) in [6, 6.07) is 4.74. The number of carbonyl (C=O) groups excluding carboxylic acids is 1. The van der Waals surface area contributed by atoms with Crippen molar-refractivity contribution in [3.05, 3.63) is 29.3 Å². The van der Waals surface area contributed by atoms with Gasteiger partial charge in [-0.1, -0.05) is 17.7 Å². The largest absolute Gasteiger partial charge is 0.444 e. The summed E-state index contributed by atoms with van der Waals surface area (Å²) in [5.74, 6) is 0. The van der Waals surface area contributed by atoms with E-state index in [2.05, 4.69) is 5.32 Å². The van der Waals surface area contributed by atoms with E-state index in [0.717, 1.165) is 5.56 Å². The minimum absolute atomic E-state index is 0.000927. The smallest absolute Gasteiger partial charge is 0.407 e. The van der Waals surface area contributed by atoms with Crippen molar-refractivity contribution in [3.63, 3.8) is 0 Å². The monoisotopic (exact) mass is 413 g/mol. The molecule has 7 nitrogen and oxygen atoms in total. The molecule has 0 aliphatic heterocycles. The number of rotatable bonds is 5. The molecule has 0 atom stereocenters. The molecule has 1 fully saturated rings. The molecule has 0 heterocycles. The predicted molar refractivity (Wildman–Crippen MR) is 106 cm³/mol. The number of amides is 1. The van der Waals surface area contributed by atoms with Gasteiger partial charge in [-0.25, -0.2) is 4.79 Å². The van der Waals surface area contributed by atoms with E-state index in [4.69, 9.17) is 8.92 Å². The van der Waals surface area contributed by atoms with Crippen molar-refractivity contribution in [2.24, 2.45) is 0 Å². The number of nitrogens with one attached hydrogen (secondary N) is 1. The van der Waals surface area contributed by atoms with Crippen molar-refractivity contribution in [2.45, 2.75) is 82.4 Å². The highest BCUT2D eigenvalue weighted by Crippen LogP contribution is 2.40. The lowest BCUT2D eigenvalue weighted by Crippen LogP contribution is -2.44. The zero-order valence-corrected chi connectivity index (χ0v) is 18.1. The van der Waals surface area contributed by atoms with Crippen molar-refractivity contribution >= 4 is 16.2 Å². The van der Waals surface area contributed by atoms with Crippen molar-refractivity contribution in [1.29, 1.82) is 0 Å². The van der Waals surface area contributed by atoms with Crippen LogP contribution in [0.25, 0.3) is 0 Å². The molecular weight excluding hydrogens is 382 g/mol. The first-order valence-corrected chi connectivity index (χ1v) is 11.0. The van der Waals surface area contributed by atoms with E-state index in [1.54, 1.807) is 39.8 Å². The van der Waals surface area contributed by atoms with Crippen molar-refractivity contribution in [1.82, 2.24) is 5.32 Å². The minimum Gasteiger partial charge on any atom is -0.444 e. The van der Waals surface area contributed by atoms with Gasteiger partial charge in [0.25, 0.3) is 10.1 Å². The predicted octanol–water partition coefficient (Wildman–Crippen LogP) is 3.38. The molecule has 0 radical (unpaired) electrons. The Morgan fingerprint density at radius 2 is 1.89 bits per heavy atom. The number of hydrogen-bond donors (Lipinski definition) is 2. The van der Waals surface area contributed by atoms with E-state index in [9.17, 15) is 18.3 Å². The van der Waals surface area contributed by atoms with Crippen LogP contribution in [0.4, 0.5) is 4.79 Å². The third-order valence-electron chi connectivity index (χ3n) is 4.71. The Labute approximate surface area is 167 Å². The first-order chi connectivity index (χ1) is 12.9. The highest BCUT2D eigenvalue weighted by atomic mass is 32.2. The molecule has 1 saturated carbocycles. The van der Waals surface area contributed by atoms with Crippen LogP contribution in [-0.2, 0) is 24.6 Å². The standard InChI is InChI=1S/C20H31NO6S/c1-6-26-28(24,25)17-8-7-14(2)13-16(17)20(23)11-9-15(10-12-20)21-18(22)27-19(3,4)5/h7-8,13,15,23H,6,9-12H2,1-5H3,(H,21,22). The maximum Gasteiger partial charge on any atom is 0.407 e. The lowest BCUT2D eigenvalue weighted by molar-refractivity contribution is -0.0132. The van der Waals surface area contributed by atoms with E-state index in [1.165, 1.54) is 6.07 Å². The zero-order valence-electron chi connectivity index (χ0n) is 17.2. The summed E-state index contributed by atoms with van der Waals surface area (Å²) in [7, 11) is -3.95. The van der Waals surface area contributed by atoms with Crippen LogP contribution in [0, 0.1) is 6.92 Å². The van der Waals surface area contributed by atoms with Crippen molar-refractivity contribution in [2.75, 3.05) is 6.61 Å². The van der Waals surface area contributed by atoms with Crippen molar-refractivity contribution in [3.8, 4) is 0 Å². The van der Waals surface area contributed by atoms with Crippen LogP contribution in [-0.4, -0.2) is 37.9 Å². The van der Waals surface area contributed by atoms with Crippen LogP contribution in [0.1, 0.15) is 64.5 Å². The van der Waals surface area contributed by atoms with Gasteiger partial charge in [-0.15, -0.1) is 0 Å². The Balaban J connectivity index is 2.18. The molecule has 8 heteroatoms. The first-order valence-electron chi connectivity index (χ1n) is 9.59. The fourth-order valence-electron chi connectivity index (χ4n) is 3.43. The molecule has 28 heavy (non-hydrogen) atoms. The molecule has 1 amide bonds. The van der Waals surface area contributed by atoms with Gasteiger partial charge >= 0.3 is 6.09 Å². The number of aryl methyl sites for hydroxylation is 1. The Bertz CT molecular complexity index is 804. The SMILES string of the molecule is CCOS(=O)(=O)c1ccc(C)cc1C1(O)CCC(NC(=O)OC(C)(C)C)CC1. The van der Waals surface area contributed by atoms with Crippen molar-refractivity contribution < 1.29 is 27.2 Å². The van der Waals surface area contributed by atoms with Gasteiger partial charge in [-0.3, -0.25) is 4.18 Å². The summed E-state index contributed by atoms with van der Waals surface area (Å²) in [6.07, 6.45) is 1.19. The maximum atomic E-state index is 12.5. The zero-order chi connectivity index (χ0) is 21.2. The van der Waals surface area contributed by atoms with Crippen LogP contribution >= 0.6 is 0 Å². The van der Waals surface area contributed by atoms with Crippen LogP contribution in [0.3, 0.4) is 0 Å². The van der Waals surface area contributed by atoms with Gasteiger partial charge < -0.3 is 15.2 Å². The van der Waals surface area contributed by atoms with Gasteiger partial charge in [0.1, 0.15) is 10.5 Å². The highest BCUT2D eigenvalue weighted by molar-refractivity contribution is 7.86. The molecule has 2 rings (SSSR count). The highest BCUT2D eigenvalue weighted by Gasteiger charge is 2.39. The molecule has 1 aromatic carbocycles. The Morgan fingerprint density at radius 1 is 1.29 bits per heavy atom. The average Bonchev–Trinajstić information content (AvgIpc) is 2.55. The molecule has 1 aliphatic rings. The lowest BCUT2D eigenvalue weighted by atomic mass is 9.77. The summed E-state index contributed by atoms with van der Waals surface area (Å²) in [4.78, 5) is 12.0. The van der Waals surface area contributed by atoms with Crippen LogP contribution < -0.4 is 5.32 Å². The fourth-order valence-corrected chi connectivity index (χ4v) is 4.62. The summed E-state index contributed by atoms with van der Waals surface area (Å²) in [6.45, 7) is 8.86. The molecule has 0 spiro atoms. The van der Waals surface area contributed by atoms with Gasteiger partial charge in [-0.2, -0.15) is 8.42 Å². The molecule has 1 aliphatic carbocycles. The average molecular weight is 414 g/mol. The van der Waals surface area contributed by atoms with E-state index >= 15 is 0 Å². The van der Waals surface area contributed by atoms with Gasteiger partial charge in [0.05, 0.1) is 12.2 Å². The summed E-state index contributed by atoms with van der Waals surface area (Å²) >= 11 is 0. The van der Waals surface area contributed by atoms with E-state index in [1.807, 2.05) is 6.92 Å². The number of alkyl carbamates (subject to hydrolysis) is 1. The van der Waals surface area contributed by atoms with E-state index < -0.39 is 27.4 Å². The normalized spacial score (nSPS) is 23.3. The second-order valence-electron chi connectivity index (χ2n) is 8.31. The van der Waals surface area contributed by atoms with Crippen LogP contribution in [0.5, 0.6) is 0 Å². The van der Waals surface area contributed by atoms with Gasteiger partial charge in [0, 0.05) is 11.6 Å². The molecule has 0 saturated heterocycles. The number of aliphatic hydroxyl groups is 1. The summed E-state index contributed by atoms with van der Waals surface area (Å²) in [5, 5.41) is 14.1. The molecular formula is C20H31NO6S. The molecule has 0 bridgehead atoms. The summed E-state index contributed by atoms with van der Waals surface area (Å²) in [5.41, 5.74) is -0.661. The van der Waals surface area contributed by atoms with Gasteiger partial charge in [0.15, 0.2) is 0 Å². The first kappa shape index (κ1) is 22.6. The van der Waals surface area contributed by atoms with Gasteiger partial charge in [0.2, 0.25) is 0 Å². The fraction of sp³-hybridized carbons (Fsp3) is 0.650. The van der Waals surface area contributed by atoms with Crippen LogP contribution in [0.15, 0.2) is 23.1 Å². The van der Waals surface area contributed by atoms with Crippen LogP contribution in [0.2, 0.25) is 0 Å². The third kappa shape index (κ3) is 5.68. The summed E-state index contributed by atoms with van der Waals surface area (Å²) < 4.78 is 35.2. The Kier molecular flexibility index (Phi) is 6.78. The number of benzene rings is 1. The molecule has 1 aromatic rings. The molecule has 158 valence electrons.